The molecule has 0 bridgehead atoms. The third kappa shape index (κ3) is 5.41. The van der Waals surface area contributed by atoms with Crippen LogP contribution < -0.4 is 14.8 Å². The Morgan fingerprint density at radius 2 is 1.82 bits per heavy atom. The van der Waals surface area contributed by atoms with Gasteiger partial charge in [-0.3, -0.25) is 4.99 Å². The molecular weight excluding hydrogens is 567 g/mol. The van der Waals surface area contributed by atoms with Crippen LogP contribution in [0.15, 0.2) is 100 Å². The minimum Gasteiger partial charge on any atom is -0.493 e. The van der Waals surface area contributed by atoms with E-state index >= 15 is 0 Å². The molecule has 4 aromatic rings. The fourth-order valence-corrected chi connectivity index (χ4v) is 6.23. The normalized spacial score (nSPS) is 19.2. The largest absolute Gasteiger partial charge is 0.493 e. The third-order valence-electron chi connectivity index (χ3n) is 7.68. The van der Waals surface area contributed by atoms with E-state index in [0.29, 0.717) is 29.9 Å². The molecule has 0 fully saturated rings. The third-order valence-corrected chi connectivity index (χ3v) is 8.27. The molecule has 4 aromatic carbocycles. The van der Waals surface area contributed by atoms with Gasteiger partial charge in [-0.15, -0.1) is 0 Å². The fourth-order valence-electron chi connectivity index (χ4n) is 5.65. The Morgan fingerprint density at radius 1 is 1.02 bits per heavy atom. The van der Waals surface area contributed by atoms with Gasteiger partial charge in [0, 0.05) is 17.8 Å². The van der Waals surface area contributed by atoms with Gasteiger partial charge < -0.3 is 14.8 Å². The number of nitrogens with one attached hydrogen (secondary N) is 1. The van der Waals surface area contributed by atoms with Crippen molar-refractivity contribution in [1.82, 2.24) is 0 Å². The number of rotatable bonds is 7. The number of methoxy groups -OCH3 is 1. The Hall–Kier alpha value is -3.90. The highest BCUT2D eigenvalue weighted by molar-refractivity contribution is 9.10. The molecule has 1 N–H and O–H groups in total. The summed E-state index contributed by atoms with van der Waals surface area (Å²) in [5.41, 5.74) is 7.84. The second-order valence-electron chi connectivity index (χ2n) is 10.4. The van der Waals surface area contributed by atoms with Gasteiger partial charge in [0.15, 0.2) is 11.5 Å². The molecule has 40 heavy (non-hydrogen) atoms. The molecule has 0 spiro atoms. The van der Waals surface area contributed by atoms with Crippen molar-refractivity contribution in [1.29, 1.82) is 0 Å². The molecule has 1 aliphatic carbocycles. The summed E-state index contributed by atoms with van der Waals surface area (Å²) in [6.07, 6.45) is 7.60. The molecular formula is C34H30BrFN2O2. The molecule has 0 unspecified atom stereocenters. The van der Waals surface area contributed by atoms with Gasteiger partial charge in [-0.25, -0.2) is 4.39 Å². The van der Waals surface area contributed by atoms with Gasteiger partial charge in [0.2, 0.25) is 0 Å². The topological polar surface area (TPSA) is 42.8 Å². The number of halogens is 2. The lowest BCUT2D eigenvalue weighted by molar-refractivity contribution is 0.282. The van der Waals surface area contributed by atoms with Crippen LogP contribution in [-0.2, 0) is 6.61 Å². The number of benzene rings is 4. The summed E-state index contributed by atoms with van der Waals surface area (Å²) in [5, 5.41) is 3.81. The van der Waals surface area contributed by atoms with Crippen molar-refractivity contribution in [2.24, 2.45) is 10.9 Å². The van der Waals surface area contributed by atoms with E-state index in [1.807, 2.05) is 18.3 Å². The average Bonchev–Trinajstić information content (AvgIpc) is 3.47. The van der Waals surface area contributed by atoms with Crippen LogP contribution >= 0.6 is 15.9 Å². The zero-order valence-electron chi connectivity index (χ0n) is 22.4. The van der Waals surface area contributed by atoms with Crippen LogP contribution in [0.2, 0.25) is 0 Å². The average molecular weight is 598 g/mol. The van der Waals surface area contributed by atoms with Crippen LogP contribution in [0.1, 0.15) is 46.2 Å². The Labute approximate surface area is 242 Å². The summed E-state index contributed by atoms with van der Waals surface area (Å²) in [5.74, 6) is 1.87. The number of hydrogen-bond donors (Lipinski definition) is 1. The van der Waals surface area contributed by atoms with Gasteiger partial charge in [0.1, 0.15) is 12.4 Å². The Kier molecular flexibility index (Phi) is 7.44. The summed E-state index contributed by atoms with van der Waals surface area (Å²) in [4.78, 5) is 4.71. The molecule has 6 heteroatoms. The maximum atomic E-state index is 13.2. The van der Waals surface area contributed by atoms with E-state index in [4.69, 9.17) is 14.5 Å². The first-order valence-electron chi connectivity index (χ1n) is 13.4. The number of hydrogen-bond acceptors (Lipinski definition) is 4. The smallest absolute Gasteiger partial charge is 0.175 e. The fraction of sp³-hybridized carbons (Fsp3) is 0.206. The van der Waals surface area contributed by atoms with Crippen LogP contribution in [-0.4, -0.2) is 13.3 Å². The molecule has 4 nitrogen and oxygen atoms in total. The van der Waals surface area contributed by atoms with Crippen LogP contribution in [0.5, 0.6) is 11.5 Å². The van der Waals surface area contributed by atoms with E-state index < -0.39 is 0 Å². The van der Waals surface area contributed by atoms with Crippen LogP contribution in [0.3, 0.4) is 0 Å². The molecule has 0 amide bonds. The van der Waals surface area contributed by atoms with Crippen molar-refractivity contribution in [3.8, 4) is 11.5 Å². The number of anilines is 1. The van der Waals surface area contributed by atoms with Gasteiger partial charge in [-0.1, -0.05) is 54.1 Å². The SMILES string of the molecule is COc1cc(C=Nc2ccc([C@@H]3Nc4ccc(C)cc4[C@H]4C=CC[C@@H]43)cc2)cc(Br)c1OCc1ccc(F)cc1. The van der Waals surface area contributed by atoms with E-state index in [-0.39, 0.29) is 11.9 Å². The lowest BCUT2D eigenvalue weighted by atomic mass is 9.76. The second kappa shape index (κ2) is 11.3. The molecule has 1 heterocycles. The minimum atomic E-state index is -0.271. The Bertz CT molecular complexity index is 1580. The zero-order valence-corrected chi connectivity index (χ0v) is 24.0. The zero-order chi connectivity index (χ0) is 27.6. The molecule has 1 aliphatic heterocycles. The van der Waals surface area contributed by atoms with Gasteiger partial charge >= 0.3 is 0 Å². The standard InChI is InChI=1S/C34H30BrFN2O2/c1-21-6-15-31-29(16-21)27-4-3-5-28(27)33(38-31)24-9-13-26(14-10-24)37-19-23-17-30(35)34(32(18-23)39-2)40-20-22-7-11-25(36)12-8-22/h3-4,6-19,27-28,33,38H,5,20H2,1-2H3/t27-,28-,33-/m0/s1. The van der Waals surface area contributed by atoms with Gasteiger partial charge in [0.05, 0.1) is 23.3 Å². The summed E-state index contributed by atoms with van der Waals surface area (Å²) in [6, 6.07) is 25.6. The van der Waals surface area contributed by atoms with Gasteiger partial charge in [-0.05, 0) is 99.9 Å². The van der Waals surface area contributed by atoms with E-state index in [1.165, 1.54) is 34.5 Å². The van der Waals surface area contributed by atoms with Crippen molar-refractivity contribution < 1.29 is 13.9 Å². The highest BCUT2D eigenvalue weighted by Crippen LogP contribution is 2.50. The lowest BCUT2D eigenvalue weighted by Crippen LogP contribution is -2.29. The summed E-state index contributed by atoms with van der Waals surface area (Å²) in [7, 11) is 1.61. The van der Waals surface area contributed by atoms with Gasteiger partial charge in [0.25, 0.3) is 0 Å². The molecule has 202 valence electrons. The maximum Gasteiger partial charge on any atom is 0.175 e. The van der Waals surface area contributed by atoms with E-state index in [0.717, 1.165) is 27.7 Å². The summed E-state index contributed by atoms with van der Waals surface area (Å²) >= 11 is 3.60. The predicted molar refractivity (Wildman–Crippen MR) is 163 cm³/mol. The van der Waals surface area contributed by atoms with Crippen LogP contribution in [0.25, 0.3) is 0 Å². The molecule has 0 saturated heterocycles. The lowest BCUT2D eigenvalue weighted by Gasteiger charge is -2.37. The number of fused-ring (bicyclic) bond motifs is 3. The van der Waals surface area contributed by atoms with Crippen molar-refractivity contribution in [2.45, 2.75) is 31.9 Å². The van der Waals surface area contributed by atoms with Crippen molar-refractivity contribution in [3.63, 3.8) is 0 Å². The summed E-state index contributed by atoms with van der Waals surface area (Å²) < 4.78 is 25.5. The molecule has 6 rings (SSSR count). The first-order valence-corrected chi connectivity index (χ1v) is 14.2. The van der Waals surface area contributed by atoms with Crippen LogP contribution in [0.4, 0.5) is 15.8 Å². The monoisotopic (exact) mass is 596 g/mol. The maximum absolute atomic E-state index is 13.2. The van der Waals surface area contributed by atoms with Crippen LogP contribution in [0, 0.1) is 18.7 Å². The first kappa shape index (κ1) is 26.3. The van der Waals surface area contributed by atoms with Crippen molar-refractivity contribution in [2.75, 3.05) is 12.4 Å². The first-order chi connectivity index (χ1) is 19.5. The highest BCUT2D eigenvalue weighted by Gasteiger charge is 2.37. The Morgan fingerprint density at radius 3 is 2.60 bits per heavy atom. The second-order valence-corrected chi connectivity index (χ2v) is 11.2. The Balaban J connectivity index is 1.16. The van der Waals surface area contributed by atoms with Crippen molar-refractivity contribution in [3.05, 3.63) is 129 Å². The van der Waals surface area contributed by atoms with Gasteiger partial charge in [-0.2, -0.15) is 0 Å². The summed E-state index contributed by atoms with van der Waals surface area (Å²) in [6.45, 7) is 2.46. The number of nitrogens with zero attached hydrogens (tertiary/aromatic N) is 1. The molecule has 0 aromatic heterocycles. The highest BCUT2D eigenvalue weighted by atomic mass is 79.9. The molecule has 0 radical (unpaired) electrons. The number of aliphatic imine (C=N–C) groups is 1. The van der Waals surface area contributed by atoms with E-state index in [2.05, 4.69) is 82.8 Å². The molecule has 0 saturated carbocycles. The predicted octanol–water partition coefficient (Wildman–Crippen LogP) is 9.06. The quantitative estimate of drug-likeness (QED) is 0.171. The molecule has 2 aliphatic rings. The number of allylic oxidation sites excluding steroid dienone is 2. The van der Waals surface area contributed by atoms with E-state index in [9.17, 15) is 4.39 Å². The van der Waals surface area contributed by atoms with Crippen molar-refractivity contribution >= 4 is 33.5 Å². The number of ether oxygens (including phenoxy) is 2. The minimum absolute atomic E-state index is 0.260. The van der Waals surface area contributed by atoms with E-state index in [1.54, 1.807) is 19.2 Å². The molecule has 3 atom stereocenters. The number of aryl methyl sites for hydroxylation is 1.